The number of fused-ring (bicyclic) bond motifs is 2. The highest BCUT2D eigenvalue weighted by molar-refractivity contribution is 8.04. The number of hydrogen-bond acceptors (Lipinski definition) is 5. The molecule has 128 valence electrons. The van der Waals surface area contributed by atoms with Gasteiger partial charge in [-0.05, 0) is 49.3 Å². The summed E-state index contributed by atoms with van der Waals surface area (Å²) in [6, 6.07) is 0. The SMILES string of the molecule is C=C(C)C(=O)OC1C[C@H]2CC[C@@]1(C)C2(C)C.N#CSCC(=O)O. The van der Waals surface area contributed by atoms with Gasteiger partial charge in [0, 0.05) is 11.0 Å². The topological polar surface area (TPSA) is 87.4 Å². The molecule has 0 heterocycles. The van der Waals surface area contributed by atoms with E-state index in [0.29, 0.717) is 16.9 Å². The lowest BCUT2D eigenvalue weighted by molar-refractivity contribution is -0.151. The third kappa shape index (κ3) is 4.08. The zero-order valence-electron chi connectivity index (χ0n) is 14.2. The quantitative estimate of drug-likeness (QED) is 0.478. The fraction of sp³-hybridized carbons (Fsp3) is 0.706. The summed E-state index contributed by atoms with van der Waals surface area (Å²) >= 11 is 0.722. The minimum Gasteiger partial charge on any atom is -0.481 e. The largest absolute Gasteiger partial charge is 0.481 e. The average molecular weight is 339 g/mol. The molecular formula is C17H25NO4S. The molecule has 0 aliphatic heterocycles. The van der Waals surface area contributed by atoms with Gasteiger partial charge < -0.3 is 9.84 Å². The van der Waals surface area contributed by atoms with Gasteiger partial charge in [0.2, 0.25) is 0 Å². The Balaban J connectivity index is 0.000000322. The van der Waals surface area contributed by atoms with Crippen molar-refractivity contribution in [3.8, 4) is 5.40 Å². The summed E-state index contributed by atoms with van der Waals surface area (Å²) in [7, 11) is 0. The van der Waals surface area contributed by atoms with E-state index < -0.39 is 5.97 Å². The molecule has 6 heteroatoms. The molecule has 2 aliphatic rings. The van der Waals surface area contributed by atoms with Crippen LogP contribution in [0, 0.1) is 27.4 Å². The number of hydrogen-bond donors (Lipinski definition) is 1. The Morgan fingerprint density at radius 1 is 1.43 bits per heavy atom. The first-order valence-corrected chi connectivity index (χ1v) is 8.64. The number of carbonyl (C=O) groups is 2. The van der Waals surface area contributed by atoms with E-state index in [9.17, 15) is 9.59 Å². The van der Waals surface area contributed by atoms with E-state index in [1.807, 2.05) is 0 Å². The van der Waals surface area contributed by atoms with Gasteiger partial charge in [0.15, 0.2) is 0 Å². The number of nitrogens with zero attached hydrogens (tertiary/aromatic N) is 1. The Kier molecular flexibility index (Phi) is 6.29. The molecule has 0 aromatic heterocycles. The van der Waals surface area contributed by atoms with Crippen molar-refractivity contribution >= 4 is 23.7 Å². The van der Waals surface area contributed by atoms with Gasteiger partial charge in [-0.1, -0.05) is 27.4 Å². The van der Waals surface area contributed by atoms with E-state index in [0.717, 1.165) is 18.2 Å². The van der Waals surface area contributed by atoms with Crippen LogP contribution in [-0.4, -0.2) is 28.9 Å². The molecule has 2 bridgehead atoms. The Bertz CT molecular complexity index is 537. The molecule has 0 radical (unpaired) electrons. The first-order chi connectivity index (χ1) is 10.6. The molecule has 0 aromatic carbocycles. The summed E-state index contributed by atoms with van der Waals surface area (Å²) in [5.41, 5.74) is 0.958. The summed E-state index contributed by atoms with van der Waals surface area (Å²) in [6.45, 7) is 12.3. The van der Waals surface area contributed by atoms with Crippen molar-refractivity contribution < 1.29 is 19.4 Å². The molecule has 2 fully saturated rings. The van der Waals surface area contributed by atoms with Crippen LogP contribution in [0.4, 0.5) is 0 Å². The van der Waals surface area contributed by atoms with Crippen molar-refractivity contribution in [1.29, 1.82) is 5.26 Å². The number of ether oxygens (including phenoxy) is 1. The van der Waals surface area contributed by atoms with Crippen molar-refractivity contribution in [3.05, 3.63) is 12.2 Å². The van der Waals surface area contributed by atoms with Crippen LogP contribution in [0.25, 0.3) is 0 Å². The number of thioether (sulfide) groups is 1. The number of nitriles is 1. The third-order valence-electron chi connectivity index (χ3n) is 5.57. The standard InChI is InChI=1S/C14H22O2.C3H3NO2S/c1-9(2)12(15)16-11-8-10-6-7-14(11,5)13(10,3)4;4-2-7-1-3(5)6/h10-11H,1,6-8H2,2-5H3;1H2,(H,5,6)/t10-,11?,14-;/m1./s1. The second-order valence-corrected chi connectivity index (χ2v) is 7.82. The summed E-state index contributed by atoms with van der Waals surface area (Å²) < 4.78 is 5.61. The minimum absolute atomic E-state index is 0.0884. The molecular weight excluding hydrogens is 314 g/mol. The number of thiocyanates is 1. The highest BCUT2D eigenvalue weighted by Gasteiger charge is 2.62. The van der Waals surface area contributed by atoms with Gasteiger partial charge in [-0.3, -0.25) is 4.79 Å². The maximum Gasteiger partial charge on any atom is 0.333 e. The van der Waals surface area contributed by atoms with Gasteiger partial charge in [-0.15, -0.1) is 0 Å². The highest BCUT2D eigenvalue weighted by atomic mass is 32.2. The van der Waals surface area contributed by atoms with Crippen molar-refractivity contribution in [2.75, 3.05) is 5.75 Å². The number of rotatable bonds is 4. The maximum atomic E-state index is 11.6. The van der Waals surface area contributed by atoms with E-state index in [1.165, 1.54) is 12.8 Å². The fourth-order valence-corrected chi connectivity index (χ4v) is 3.82. The van der Waals surface area contributed by atoms with E-state index in [2.05, 4.69) is 27.4 Å². The second kappa shape index (κ2) is 7.39. The predicted octanol–water partition coefficient (Wildman–Crippen LogP) is 3.61. The van der Waals surface area contributed by atoms with E-state index in [1.54, 1.807) is 12.3 Å². The highest BCUT2D eigenvalue weighted by Crippen LogP contribution is 2.66. The Morgan fingerprint density at radius 2 is 2.04 bits per heavy atom. The Hall–Kier alpha value is -1.48. The summed E-state index contributed by atoms with van der Waals surface area (Å²) in [5, 5.41) is 17.3. The first kappa shape index (κ1) is 19.6. The number of carboxylic acids is 1. The summed E-state index contributed by atoms with van der Waals surface area (Å²) in [4.78, 5) is 21.2. The van der Waals surface area contributed by atoms with E-state index in [4.69, 9.17) is 15.1 Å². The normalized spacial score (nSPS) is 29.9. The molecule has 0 aromatic rings. The first-order valence-electron chi connectivity index (χ1n) is 7.65. The maximum absolute atomic E-state index is 11.6. The molecule has 2 aliphatic carbocycles. The molecule has 0 amide bonds. The van der Waals surface area contributed by atoms with Crippen molar-refractivity contribution in [2.45, 2.75) is 53.1 Å². The molecule has 3 atom stereocenters. The average Bonchev–Trinajstić information content (AvgIpc) is 2.78. The van der Waals surface area contributed by atoms with Crippen molar-refractivity contribution in [3.63, 3.8) is 0 Å². The van der Waals surface area contributed by atoms with Crippen molar-refractivity contribution in [1.82, 2.24) is 0 Å². The van der Waals surface area contributed by atoms with Gasteiger partial charge in [0.25, 0.3) is 0 Å². The van der Waals surface area contributed by atoms with E-state index >= 15 is 0 Å². The monoisotopic (exact) mass is 339 g/mol. The van der Waals surface area contributed by atoms with Gasteiger partial charge in [0.1, 0.15) is 17.3 Å². The van der Waals surface area contributed by atoms with Crippen LogP contribution in [0.3, 0.4) is 0 Å². The second-order valence-electron chi connectivity index (χ2n) is 7.06. The molecule has 23 heavy (non-hydrogen) atoms. The van der Waals surface area contributed by atoms with Crippen LogP contribution in [0.2, 0.25) is 0 Å². The summed E-state index contributed by atoms with van der Waals surface area (Å²) in [5.74, 6) is -0.599. The van der Waals surface area contributed by atoms with Gasteiger partial charge in [0.05, 0.1) is 0 Å². The van der Waals surface area contributed by atoms with Crippen LogP contribution in [0.5, 0.6) is 0 Å². The lowest BCUT2D eigenvalue weighted by atomic mass is 9.70. The third-order valence-corrected chi connectivity index (χ3v) is 6.09. The molecule has 2 rings (SSSR count). The zero-order chi connectivity index (χ0) is 17.8. The van der Waals surface area contributed by atoms with Gasteiger partial charge in [-0.2, -0.15) is 5.26 Å². The lowest BCUT2D eigenvalue weighted by Crippen LogP contribution is -2.38. The summed E-state index contributed by atoms with van der Waals surface area (Å²) in [6.07, 6.45) is 3.58. The van der Waals surface area contributed by atoms with Crippen molar-refractivity contribution in [2.24, 2.45) is 16.7 Å². The fourth-order valence-electron chi connectivity index (χ4n) is 3.63. The van der Waals surface area contributed by atoms with Gasteiger partial charge in [-0.25, -0.2) is 4.79 Å². The number of carbonyl (C=O) groups excluding carboxylic acids is 1. The van der Waals surface area contributed by atoms with E-state index in [-0.39, 0.29) is 23.2 Å². The molecule has 2 saturated carbocycles. The van der Waals surface area contributed by atoms with Gasteiger partial charge >= 0.3 is 11.9 Å². The smallest absolute Gasteiger partial charge is 0.333 e. The Morgan fingerprint density at radius 3 is 2.35 bits per heavy atom. The molecule has 1 N–H and O–H groups in total. The number of aliphatic carboxylic acids is 1. The lowest BCUT2D eigenvalue weighted by Gasteiger charge is -2.38. The minimum atomic E-state index is -0.952. The number of carboxylic acid groups (broad SMARTS) is 1. The molecule has 0 saturated heterocycles. The van der Waals surface area contributed by atoms with Crippen LogP contribution < -0.4 is 0 Å². The zero-order valence-corrected chi connectivity index (χ0v) is 15.0. The molecule has 1 unspecified atom stereocenters. The van der Waals surface area contributed by atoms with Crippen LogP contribution in [0.1, 0.15) is 47.0 Å². The van der Waals surface area contributed by atoms with Crippen LogP contribution >= 0.6 is 11.8 Å². The number of esters is 1. The van der Waals surface area contributed by atoms with Crippen LogP contribution in [-0.2, 0) is 14.3 Å². The predicted molar refractivity (Wildman–Crippen MR) is 89.6 cm³/mol. The van der Waals surface area contributed by atoms with Crippen LogP contribution in [0.15, 0.2) is 12.2 Å². The molecule has 5 nitrogen and oxygen atoms in total. The molecule has 0 spiro atoms. The Labute approximate surface area is 142 Å².